The lowest BCUT2D eigenvalue weighted by Gasteiger charge is -2.23. The van der Waals surface area contributed by atoms with Crippen LogP contribution in [0.15, 0.2) is 22.7 Å². The predicted octanol–water partition coefficient (Wildman–Crippen LogP) is 0.216. The summed E-state index contributed by atoms with van der Waals surface area (Å²) in [5.74, 6) is 1.01. The molecule has 0 spiro atoms. The molecule has 1 saturated heterocycles. The van der Waals surface area contributed by atoms with Crippen molar-refractivity contribution in [2.45, 2.75) is 19.9 Å². The molecule has 118 valence electrons. The van der Waals surface area contributed by atoms with Gasteiger partial charge in [0.2, 0.25) is 0 Å². The molecule has 0 aromatic heterocycles. The molecule has 5 heteroatoms. The minimum atomic E-state index is 0.717. The van der Waals surface area contributed by atoms with Gasteiger partial charge in [0.25, 0.3) is 0 Å². The Labute approximate surface area is 135 Å². The number of halogens is 1. The zero-order valence-electron chi connectivity index (χ0n) is 12.9. The highest BCUT2D eigenvalue weighted by Gasteiger charge is 2.13. The van der Waals surface area contributed by atoms with Crippen molar-refractivity contribution in [1.29, 1.82) is 0 Å². The number of rotatable bonds is 8. The van der Waals surface area contributed by atoms with E-state index >= 15 is 0 Å². The van der Waals surface area contributed by atoms with Crippen LogP contribution in [0, 0.1) is 0 Å². The molecule has 0 amide bonds. The van der Waals surface area contributed by atoms with E-state index in [0.29, 0.717) is 0 Å². The minimum absolute atomic E-state index is 0.717. The van der Waals surface area contributed by atoms with Gasteiger partial charge in [-0.05, 0) is 25.1 Å². The maximum absolute atomic E-state index is 5.69. The van der Waals surface area contributed by atoms with Crippen LogP contribution in [-0.2, 0) is 11.3 Å². The van der Waals surface area contributed by atoms with Crippen molar-refractivity contribution < 1.29 is 19.7 Å². The number of nitrogens with one attached hydrogen (secondary N) is 1. The quantitative estimate of drug-likeness (QED) is 0.652. The van der Waals surface area contributed by atoms with Crippen molar-refractivity contribution in [3.8, 4) is 5.75 Å². The van der Waals surface area contributed by atoms with Crippen LogP contribution >= 0.6 is 15.9 Å². The Morgan fingerprint density at radius 3 is 2.90 bits per heavy atom. The molecule has 1 aromatic carbocycles. The lowest BCUT2D eigenvalue weighted by atomic mass is 10.2. The largest absolute Gasteiger partial charge is 0.493 e. The van der Waals surface area contributed by atoms with Crippen LogP contribution in [0.5, 0.6) is 5.75 Å². The predicted molar refractivity (Wildman–Crippen MR) is 86.8 cm³/mol. The molecular formula is C16H27BrN2O2+2. The first-order valence-electron chi connectivity index (χ1n) is 7.93. The summed E-state index contributed by atoms with van der Waals surface area (Å²) in [5, 5.41) is 2.38. The van der Waals surface area contributed by atoms with Gasteiger partial charge < -0.3 is 19.7 Å². The van der Waals surface area contributed by atoms with Gasteiger partial charge in [0.1, 0.15) is 25.4 Å². The van der Waals surface area contributed by atoms with Crippen LogP contribution in [-0.4, -0.2) is 46.0 Å². The van der Waals surface area contributed by atoms with Crippen molar-refractivity contribution in [3.63, 3.8) is 0 Å². The van der Waals surface area contributed by atoms with E-state index in [0.717, 1.165) is 36.6 Å². The second-order valence-corrected chi connectivity index (χ2v) is 6.35. The third-order valence-electron chi connectivity index (χ3n) is 3.83. The van der Waals surface area contributed by atoms with E-state index in [9.17, 15) is 0 Å². The second kappa shape index (κ2) is 9.41. The van der Waals surface area contributed by atoms with Gasteiger partial charge in [-0.1, -0.05) is 15.9 Å². The highest BCUT2D eigenvalue weighted by molar-refractivity contribution is 9.10. The fourth-order valence-electron chi connectivity index (χ4n) is 2.67. The maximum Gasteiger partial charge on any atom is 0.128 e. The monoisotopic (exact) mass is 358 g/mol. The van der Waals surface area contributed by atoms with Gasteiger partial charge in [-0.3, -0.25) is 0 Å². The second-order valence-electron chi connectivity index (χ2n) is 5.43. The summed E-state index contributed by atoms with van der Waals surface area (Å²) in [4.78, 5) is 1.69. The highest BCUT2D eigenvalue weighted by atomic mass is 79.9. The summed E-state index contributed by atoms with van der Waals surface area (Å²) in [7, 11) is 0. The molecule has 1 aliphatic rings. The van der Waals surface area contributed by atoms with E-state index in [1.807, 2.05) is 13.0 Å². The third kappa shape index (κ3) is 5.94. The number of ether oxygens (including phenoxy) is 2. The van der Waals surface area contributed by atoms with Crippen LogP contribution in [0.25, 0.3) is 0 Å². The number of morpholine rings is 1. The molecule has 1 aliphatic heterocycles. The van der Waals surface area contributed by atoms with Crippen molar-refractivity contribution in [1.82, 2.24) is 0 Å². The zero-order valence-corrected chi connectivity index (χ0v) is 14.5. The Hall–Kier alpha value is -0.620. The average Bonchev–Trinajstić information content (AvgIpc) is 2.51. The number of hydrogen-bond acceptors (Lipinski definition) is 2. The number of nitrogens with two attached hydrogens (primary N) is 1. The lowest BCUT2D eigenvalue weighted by Crippen LogP contribution is -3.14. The molecule has 0 radical (unpaired) electrons. The third-order valence-corrected chi connectivity index (χ3v) is 4.32. The van der Waals surface area contributed by atoms with Gasteiger partial charge in [-0.15, -0.1) is 0 Å². The first-order chi connectivity index (χ1) is 10.3. The molecule has 2 rings (SSSR count). The topological polar surface area (TPSA) is 39.5 Å². The standard InChI is InChI=1S/C16H25BrN2O2/c1-2-21-16-5-4-15(17)12-14(16)13-18-6-3-7-19-8-10-20-11-9-19/h4-5,12,18H,2-3,6-11,13H2,1H3/p+2. The Morgan fingerprint density at radius 1 is 1.33 bits per heavy atom. The maximum atomic E-state index is 5.69. The first kappa shape index (κ1) is 16.7. The number of hydrogen-bond donors (Lipinski definition) is 2. The Balaban J connectivity index is 1.69. The highest BCUT2D eigenvalue weighted by Crippen LogP contribution is 2.22. The summed E-state index contributed by atoms with van der Waals surface area (Å²) in [6.07, 6.45) is 1.26. The summed E-state index contributed by atoms with van der Waals surface area (Å²) in [6, 6.07) is 6.25. The van der Waals surface area contributed by atoms with Gasteiger partial charge in [-0.25, -0.2) is 0 Å². The molecule has 1 aromatic rings. The van der Waals surface area contributed by atoms with E-state index in [-0.39, 0.29) is 0 Å². The number of benzene rings is 1. The summed E-state index contributed by atoms with van der Waals surface area (Å²) in [5.41, 5.74) is 1.27. The fraction of sp³-hybridized carbons (Fsp3) is 0.625. The molecule has 0 unspecified atom stereocenters. The summed E-state index contributed by atoms with van der Waals surface area (Å²) in [6.45, 7) is 10.3. The SMILES string of the molecule is CCOc1ccc(Br)cc1C[NH2+]CCC[NH+]1CCOCC1. The first-order valence-corrected chi connectivity index (χ1v) is 8.73. The van der Waals surface area contributed by atoms with Gasteiger partial charge in [0, 0.05) is 16.5 Å². The Morgan fingerprint density at radius 2 is 2.14 bits per heavy atom. The molecule has 0 bridgehead atoms. The van der Waals surface area contributed by atoms with Crippen LogP contribution < -0.4 is 15.0 Å². The van der Waals surface area contributed by atoms with E-state index in [2.05, 4.69) is 33.4 Å². The van der Waals surface area contributed by atoms with E-state index < -0.39 is 0 Å². The fourth-order valence-corrected chi connectivity index (χ4v) is 3.08. The number of quaternary nitrogens is 2. The Kier molecular flexibility index (Phi) is 7.50. The van der Waals surface area contributed by atoms with Gasteiger partial charge in [-0.2, -0.15) is 0 Å². The molecule has 0 saturated carbocycles. The molecular weight excluding hydrogens is 332 g/mol. The van der Waals surface area contributed by atoms with Gasteiger partial charge >= 0.3 is 0 Å². The summed E-state index contributed by atoms with van der Waals surface area (Å²) < 4.78 is 12.2. The normalized spacial score (nSPS) is 16.1. The van der Waals surface area contributed by atoms with Gasteiger partial charge in [0.05, 0.1) is 32.9 Å². The zero-order chi connectivity index (χ0) is 14.9. The lowest BCUT2D eigenvalue weighted by molar-refractivity contribution is -0.909. The molecule has 4 nitrogen and oxygen atoms in total. The van der Waals surface area contributed by atoms with Crippen molar-refractivity contribution in [3.05, 3.63) is 28.2 Å². The molecule has 1 heterocycles. The molecule has 0 atom stereocenters. The van der Waals surface area contributed by atoms with Crippen LogP contribution in [0.3, 0.4) is 0 Å². The van der Waals surface area contributed by atoms with E-state index in [4.69, 9.17) is 9.47 Å². The minimum Gasteiger partial charge on any atom is -0.493 e. The van der Waals surface area contributed by atoms with Crippen molar-refractivity contribution in [2.24, 2.45) is 0 Å². The van der Waals surface area contributed by atoms with Crippen LogP contribution in [0.2, 0.25) is 0 Å². The van der Waals surface area contributed by atoms with Crippen molar-refractivity contribution >= 4 is 15.9 Å². The molecule has 21 heavy (non-hydrogen) atoms. The van der Waals surface area contributed by atoms with Gasteiger partial charge in [0.15, 0.2) is 0 Å². The van der Waals surface area contributed by atoms with E-state index in [1.54, 1.807) is 4.90 Å². The Bertz CT molecular complexity index is 423. The molecule has 1 fully saturated rings. The smallest absolute Gasteiger partial charge is 0.128 e. The van der Waals surface area contributed by atoms with Crippen molar-refractivity contribution in [2.75, 3.05) is 46.0 Å². The van der Waals surface area contributed by atoms with E-state index in [1.165, 1.54) is 38.2 Å². The van der Waals surface area contributed by atoms with Crippen LogP contribution in [0.1, 0.15) is 18.9 Å². The van der Waals surface area contributed by atoms with Crippen LogP contribution in [0.4, 0.5) is 0 Å². The molecule has 3 N–H and O–H groups in total. The average molecular weight is 359 g/mol. The molecule has 0 aliphatic carbocycles. The summed E-state index contributed by atoms with van der Waals surface area (Å²) >= 11 is 3.54.